The van der Waals surface area contributed by atoms with E-state index >= 15 is 0 Å². The molecule has 0 saturated heterocycles. The first-order valence-electron chi connectivity index (χ1n) is 7.78. The van der Waals surface area contributed by atoms with E-state index in [1.807, 2.05) is 0 Å². The maximum Gasteiger partial charge on any atom is 0.392 e. The molecule has 2 atom stereocenters. The molecule has 4 rings (SSSR count). The van der Waals surface area contributed by atoms with Gasteiger partial charge in [0.25, 0.3) is 0 Å². The molecule has 1 saturated carbocycles. The van der Waals surface area contributed by atoms with Crippen molar-refractivity contribution in [2.24, 2.45) is 5.92 Å². The quantitative estimate of drug-likeness (QED) is 0.708. The van der Waals surface area contributed by atoms with Gasteiger partial charge in [0.2, 0.25) is 5.88 Å². The Bertz CT molecular complexity index is 972. The minimum atomic E-state index is -4.22. The highest BCUT2D eigenvalue weighted by atomic mass is 19.4. The zero-order valence-corrected chi connectivity index (χ0v) is 13.9. The van der Waals surface area contributed by atoms with Crippen molar-refractivity contribution in [1.29, 1.82) is 0 Å². The minimum Gasteiger partial charge on any atom is -0.480 e. The Kier molecular flexibility index (Phi) is 3.70. The number of hydrogen-bond acceptors (Lipinski definition) is 6. The lowest BCUT2D eigenvalue weighted by atomic mass is 10.1. The van der Waals surface area contributed by atoms with Crippen molar-refractivity contribution in [3.63, 3.8) is 0 Å². The number of halogens is 3. The van der Waals surface area contributed by atoms with Gasteiger partial charge < -0.3 is 9.47 Å². The van der Waals surface area contributed by atoms with E-state index in [1.165, 1.54) is 31.1 Å². The highest BCUT2D eigenvalue weighted by Crippen LogP contribution is 2.57. The third-order valence-corrected chi connectivity index (χ3v) is 4.38. The zero-order chi connectivity index (χ0) is 18.5. The maximum atomic E-state index is 13.0. The van der Waals surface area contributed by atoms with Gasteiger partial charge in [-0.1, -0.05) is 0 Å². The highest BCUT2D eigenvalue weighted by Gasteiger charge is 2.56. The summed E-state index contributed by atoms with van der Waals surface area (Å²) in [6, 6.07) is 1.72. The summed E-state index contributed by atoms with van der Waals surface area (Å²) in [5.41, 5.74) is 1.77. The average molecular weight is 365 g/mol. The predicted octanol–water partition coefficient (Wildman–Crippen LogP) is 2.87. The molecule has 0 aliphatic heterocycles. The van der Waals surface area contributed by atoms with Gasteiger partial charge >= 0.3 is 12.2 Å². The fourth-order valence-electron chi connectivity index (χ4n) is 3.03. The van der Waals surface area contributed by atoms with Crippen LogP contribution in [0, 0.1) is 5.92 Å². The predicted molar refractivity (Wildman–Crippen MR) is 84.0 cm³/mol. The summed E-state index contributed by atoms with van der Waals surface area (Å²) in [4.78, 5) is 12.3. The SMILES string of the molecule is COc1ncc(-c2cc([C@H]3C[C@@H]3C(F)(F)F)c3nccn3n2)c(OC)n1. The topological polar surface area (TPSA) is 74.4 Å². The Labute approximate surface area is 145 Å². The first-order chi connectivity index (χ1) is 12.4. The lowest BCUT2D eigenvalue weighted by molar-refractivity contribution is -0.148. The molecule has 0 N–H and O–H groups in total. The molecule has 0 amide bonds. The first kappa shape index (κ1) is 16.6. The van der Waals surface area contributed by atoms with E-state index in [0.29, 0.717) is 22.5 Å². The van der Waals surface area contributed by atoms with E-state index in [4.69, 9.17) is 9.47 Å². The lowest BCUT2D eigenvalue weighted by Gasteiger charge is -2.11. The van der Waals surface area contributed by atoms with E-state index < -0.39 is 18.0 Å². The van der Waals surface area contributed by atoms with Gasteiger partial charge in [0, 0.05) is 24.2 Å². The van der Waals surface area contributed by atoms with Crippen molar-refractivity contribution in [2.45, 2.75) is 18.5 Å². The van der Waals surface area contributed by atoms with Crippen LogP contribution in [0.5, 0.6) is 11.9 Å². The van der Waals surface area contributed by atoms with E-state index in [0.717, 1.165) is 0 Å². The number of alkyl halides is 3. The van der Waals surface area contributed by atoms with Gasteiger partial charge in [-0.05, 0) is 18.4 Å². The summed E-state index contributed by atoms with van der Waals surface area (Å²) in [6.45, 7) is 0. The van der Waals surface area contributed by atoms with Crippen molar-refractivity contribution in [2.75, 3.05) is 14.2 Å². The largest absolute Gasteiger partial charge is 0.480 e. The molecule has 10 heteroatoms. The van der Waals surface area contributed by atoms with Crippen molar-refractivity contribution in [1.82, 2.24) is 24.6 Å². The molecule has 1 fully saturated rings. The molecule has 0 unspecified atom stereocenters. The van der Waals surface area contributed by atoms with Gasteiger partial charge in [-0.15, -0.1) is 0 Å². The monoisotopic (exact) mass is 365 g/mol. The van der Waals surface area contributed by atoms with Crippen LogP contribution in [0.4, 0.5) is 13.2 Å². The number of fused-ring (bicyclic) bond motifs is 1. The van der Waals surface area contributed by atoms with Crippen molar-refractivity contribution in [3.8, 4) is 23.1 Å². The van der Waals surface area contributed by atoms with Crippen LogP contribution >= 0.6 is 0 Å². The van der Waals surface area contributed by atoms with Gasteiger partial charge in [-0.3, -0.25) is 0 Å². The molecule has 1 aliphatic carbocycles. The Morgan fingerprint density at radius 2 is 2.00 bits per heavy atom. The Balaban J connectivity index is 1.83. The van der Waals surface area contributed by atoms with Crippen LogP contribution in [0.1, 0.15) is 17.9 Å². The fraction of sp³-hybridized carbons (Fsp3) is 0.375. The second-order valence-electron chi connectivity index (χ2n) is 5.95. The molecule has 7 nitrogen and oxygen atoms in total. The van der Waals surface area contributed by atoms with Crippen LogP contribution in [0.25, 0.3) is 16.9 Å². The Morgan fingerprint density at radius 1 is 1.19 bits per heavy atom. The standard InChI is InChI=1S/C16H14F3N5O2/c1-25-14-10(7-21-15(22-14)26-2)12-6-9(8-5-11(8)16(17,18)19)13-20-3-4-24(13)23-12/h3-4,6-8,11H,5H2,1-2H3/t8-,11+/m1/s1. The highest BCUT2D eigenvalue weighted by molar-refractivity contribution is 5.67. The van der Waals surface area contributed by atoms with E-state index in [-0.39, 0.29) is 18.3 Å². The van der Waals surface area contributed by atoms with Gasteiger partial charge in [0.1, 0.15) is 0 Å². The molecule has 26 heavy (non-hydrogen) atoms. The number of methoxy groups -OCH3 is 2. The second-order valence-corrected chi connectivity index (χ2v) is 5.95. The molecule has 1 aliphatic rings. The van der Waals surface area contributed by atoms with Crippen LogP contribution in [0.15, 0.2) is 24.7 Å². The number of imidazole rings is 1. The van der Waals surface area contributed by atoms with Gasteiger partial charge in [-0.2, -0.15) is 23.3 Å². The Hall–Kier alpha value is -2.91. The molecule has 136 valence electrons. The van der Waals surface area contributed by atoms with Crippen molar-refractivity contribution in [3.05, 3.63) is 30.2 Å². The molecule has 0 spiro atoms. The minimum absolute atomic E-state index is 0.0473. The van der Waals surface area contributed by atoms with Crippen molar-refractivity contribution >= 4 is 5.65 Å². The summed E-state index contributed by atoms with van der Waals surface area (Å²) in [7, 11) is 2.86. The van der Waals surface area contributed by atoms with Crippen LogP contribution < -0.4 is 9.47 Å². The molecule has 0 aromatic carbocycles. The smallest absolute Gasteiger partial charge is 0.392 e. The normalized spacial score (nSPS) is 19.6. The van der Waals surface area contributed by atoms with Crippen molar-refractivity contribution < 1.29 is 22.6 Å². The maximum absolute atomic E-state index is 13.0. The summed E-state index contributed by atoms with van der Waals surface area (Å²) >= 11 is 0. The molecule has 0 bridgehead atoms. The number of rotatable bonds is 4. The van der Waals surface area contributed by atoms with Crippen LogP contribution in [-0.2, 0) is 0 Å². The molecule has 3 heterocycles. The fourth-order valence-corrected chi connectivity index (χ4v) is 3.03. The molecular weight excluding hydrogens is 351 g/mol. The summed E-state index contributed by atoms with van der Waals surface area (Å²) in [6.07, 6.45) is 0.379. The molecule has 3 aromatic heterocycles. The number of hydrogen-bond donors (Lipinski definition) is 0. The summed E-state index contributed by atoms with van der Waals surface area (Å²) < 4.78 is 50.8. The molecular formula is C16H14F3N5O2. The summed E-state index contributed by atoms with van der Waals surface area (Å²) in [5.74, 6) is -1.77. The average Bonchev–Trinajstić information content (AvgIpc) is 3.31. The van der Waals surface area contributed by atoms with E-state index in [2.05, 4.69) is 20.1 Å². The number of aromatic nitrogens is 5. The lowest BCUT2D eigenvalue weighted by Crippen LogP contribution is -2.12. The van der Waals surface area contributed by atoms with Gasteiger partial charge in [0.15, 0.2) is 5.65 Å². The van der Waals surface area contributed by atoms with Crippen LogP contribution in [-0.4, -0.2) is 45.0 Å². The molecule has 3 aromatic rings. The third-order valence-electron chi connectivity index (χ3n) is 4.38. The van der Waals surface area contributed by atoms with Crippen LogP contribution in [0.3, 0.4) is 0 Å². The van der Waals surface area contributed by atoms with E-state index in [9.17, 15) is 13.2 Å². The third kappa shape index (κ3) is 2.71. The second kappa shape index (κ2) is 5.82. The van der Waals surface area contributed by atoms with Gasteiger partial charge in [0.05, 0.1) is 31.4 Å². The van der Waals surface area contributed by atoms with E-state index in [1.54, 1.807) is 12.3 Å². The molecule has 0 radical (unpaired) electrons. The zero-order valence-electron chi connectivity index (χ0n) is 13.9. The van der Waals surface area contributed by atoms with Gasteiger partial charge in [-0.25, -0.2) is 14.5 Å². The summed E-state index contributed by atoms with van der Waals surface area (Å²) in [5, 5.41) is 4.40. The Morgan fingerprint density at radius 3 is 2.65 bits per heavy atom. The number of ether oxygens (including phenoxy) is 2. The van der Waals surface area contributed by atoms with Crippen LogP contribution in [0.2, 0.25) is 0 Å². The number of nitrogens with zero attached hydrogens (tertiary/aromatic N) is 5. The first-order valence-corrected chi connectivity index (χ1v) is 7.78.